The highest BCUT2D eigenvalue weighted by Crippen LogP contribution is 2.30. The highest BCUT2D eigenvalue weighted by molar-refractivity contribution is 6.39. The van der Waals surface area contributed by atoms with Crippen molar-refractivity contribution >= 4 is 34.4 Å². The molecule has 1 unspecified atom stereocenters. The van der Waals surface area contributed by atoms with Crippen LogP contribution in [0.1, 0.15) is 35.3 Å². The van der Waals surface area contributed by atoms with Gasteiger partial charge in [0.1, 0.15) is 17.2 Å². The molecule has 178 valence electrons. The number of nitrogen functional groups attached to an aromatic ring is 1. The molecule has 1 atom stereocenters. The Kier molecular flexibility index (Phi) is 5.83. The Morgan fingerprint density at radius 2 is 2.03 bits per heavy atom. The van der Waals surface area contributed by atoms with E-state index < -0.39 is 23.7 Å². The van der Waals surface area contributed by atoms with Gasteiger partial charge in [0, 0.05) is 23.9 Å². The van der Waals surface area contributed by atoms with Gasteiger partial charge in [-0.1, -0.05) is 6.07 Å². The van der Waals surface area contributed by atoms with E-state index in [4.69, 9.17) is 14.9 Å². The van der Waals surface area contributed by atoms with Gasteiger partial charge in [-0.2, -0.15) is 0 Å². The van der Waals surface area contributed by atoms with Crippen molar-refractivity contribution in [2.45, 2.75) is 32.7 Å². The average Bonchev–Trinajstić information content (AvgIpc) is 3.54. The molecule has 3 aromatic heterocycles. The van der Waals surface area contributed by atoms with Gasteiger partial charge < -0.3 is 25.1 Å². The second kappa shape index (κ2) is 9.11. The number of pyridine rings is 2. The van der Waals surface area contributed by atoms with Crippen LogP contribution in [0.15, 0.2) is 53.5 Å². The van der Waals surface area contributed by atoms with E-state index in [2.05, 4.69) is 20.3 Å². The smallest absolute Gasteiger partial charge is 0.313 e. The predicted octanol–water partition coefficient (Wildman–Crippen LogP) is 3.10. The Morgan fingerprint density at radius 1 is 1.20 bits per heavy atom. The number of nitrogens with two attached hydrogens (primary N) is 1. The number of aromatic nitrogens is 3. The number of oxazole rings is 1. The molecular formula is C24H21FN6O4. The molecule has 0 radical (unpaired) electrons. The molecule has 1 aromatic carbocycles. The summed E-state index contributed by atoms with van der Waals surface area (Å²) >= 11 is 0. The first-order valence-corrected chi connectivity index (χ1v) is 10.8. The molecular weight excluding hydrogens is 455 g/mol. The lowest BCUT2D eigenvalue weighted by Gasteiger charge is -2.29. The number of carbonyl (C=O) groups excluding carboxylic acids is 2. The first-order valence-electron chi connectivity index (χ1n) is 10.8. The van der Waals surface area contributed by atoms with Crippen molar-refractivity contribution in [2.24, 2.45) is 0 Å². The van der Waals surface area contributed by atoms with Gasteiger partial charge in [0.2, 0.25) is 0 Å². The van der Waals surface area contributed by atoms with Crippen LogP contribution in [-0.2, 0) is 34.1 Å². The summed E-state index contributed by atoms with van der Waals surface area (Å²) in [7, 11) is 0. The molecule has 1 aliphatic heterocycles. The number of rotatable bonds is 5. The molecule has 0 saturated carbocycles. The van der Waals surface area contributed by atoms with E-state index in [1.165, 1.54) is 35.8 Å². The number of ether oxygens (including phenoxy) is 1. The van der Waals surface area contributed by atoms with E-state index in [9.17, 15) is 14.0 Å². The number of nitrogens with one attached hydrogen (secondary N) is 1. The number of nitrogens with zero attached hydrogens (tertiary/aromatic N) is 4. The van der Waals surface area contributed by atoms with Gasteiger partial charge in [0.15, 0.2) is 12.0 Å². The van der Waals surface area contributed by atoms with Crippen LogP contribution in [0.3, 0.4) is 0 Å². The van der Waals surface area contributed by atoms with Crippen molar-refractivity contribution in [3.63, 3.8) is 0 Å². The maximum atomic E-state index is 14.5. The van der Waals surface area contributed by atoms with Gasteiger partial charge in [0.05, 0.1) is 36.8 Å². The standard InChI is InChI=1S/C24H21FN6O4/c1-13(21-17(25)3-2-6-27-21)31(9-14-4-5-20-18(7-14)29-12-35-20)24(33)23(32)30-19-8-28-22(26)16-11-34-10-15(16)19/h2-8,12-13H,9-11H2,1H3,(H2,26,28)(H,30,32). The van der Waals surface area contributed by atoms with Crippen molar-refractivity contribution in [2.75, 3.05) is 11.1 Å². The fourth-order valence-electron chi connectivity index (χ4n) is 4.04. The molecule has 11 heteroatoms. The summed E-state index contributed by atoms with van der Waals surface area (Å²) in [5, 5.41) is 2.61. The maximum Gasteiger partial charge on any atom is 0.313 e. The Bertz CT molecular complexity index is 1440. The number of benzene rings is 1. The zero-order valence-corrected chi connectivity index (χ0v) is 18.7. The van der Waals surface area contributed by atoms with Crippen LogP contribution < -0.4 is 11.1 Å². The second-order valence-corrected chi connectivity index (χ2v) is 8.10. The van der Waals surface area contributed by atoms with Gasteiger partial charge in [-0.3, -0.25) is 14.6 Å². The largest absolute Gasteiger partial charge is 0.443 e. The van der Waals surface area contributed by atoms with Crippen LogP contribution >= 0.6 is 0 Å². The summed E-state index contributed by atoms with van der Waals surface area (Å²) in [5.41, 5.74) is 9.47. The van der Waals surface area contributed by atoms with Crippen molar-refractivity contribution in [1.29, 1.82) is 0 Å². The van der Waals surface area contributed by atoms with E-state index in [1.54, 1.807) is 25.1 Å². The number of fused-ring (bicyclic) bond motifs is 2. The Hall–Kier alpha value is -4.38. The third kappa shape index (κ3) is 4.28. The van der Waals surface area contributed by atoms with Crippen LogP contribution in [-0.4, -0.2) is 31.7 Å². The molecule has 5 rings (SSSR count). The van der Waals surface area contributed by atoms with Gasteiger partial charge in [-0.05, 0) is 36.8 Å². The van der Waals surface area contributed by atoms with Crippen molar-refractivity contribution in [1.82, 2.24) is 19.9 Å². The van der Waals surface area contributed by atoms with Crippen molar-refractivity contribution < 1.29 is 23.1 Å². The lowest BCUT2D eigenvalue weighted by molar-refractivity contribution is -0.145. The number of hydrogen-bond acceptors (Lipinski definition) is 8. The first-order chi connectivity index (χ1) is 16.9. The quantitative estimate of drug-likeness (QED) is 0.419. The van der Waals surface area contributed by atoms with Crippen molar-refractivity contribution in [3.05, 3.63) is 77.3 Å². The van der Waals surface area contributed by atoms with E-state index in [0.717, 1.165) is 0 Å². The van der Waals surface area contributed by atoms with Gasteiger partial charge in [-0.25, -0.2) is 14.4 Å². The summed E-state index contributed by atoms with van der Waals surface area (Å²) in [4.78, 5) is 40.0. The van der Waals surface area contributed by atoms with E-state index in [-0.39, 0.29) is 25.5 Å². The molecule has 0 spiro atoms. The monoisotopic (exact) mass is 476 g/mol. The summed E-state index contributed by atoms with van der Waals surface area (Å²) in [6, 6.07) is 7.08. The number of hydrogen-bond donors (Lipinski definition) is 2. The summed E-state index contributed by atoms with van der Waals surface area (Å²) in [5.74, 6) is -2.04. The molecule has 4 aromatic rings. The molecule has 0 bridgehead atoms. The third-order valence-corrected chi connectivity index (χ3v) is 5.93. The van der Waals surface area contributed by atoms with Crippen LogP contribution in [0, 0.1) is 5.82 Å². The highest BCUT2D eigenvalue weighted by atomic mass is 19.1. The van der Waals surface area contributed by atoms with Crippen LogP contribution in [0.25, 0.3) is 11.1 Å². The number of amides is 2. The summed E-state index contributed by atoms with van der Waals surface area (Å²) in [6.07, 6.45) is 4.14. The molecule has 35 heavy (non-hydrogen) atoms. The van der Waals surface area contributed by atoms with E-state index >= 15 is 0 Å². The number of halogens is 1. The summed E-state index contributed by atoms with van der Waals surface area (Å²) < 4.78 is 25.2. The molecule has 3 N–H and O–H groups in total. The SMILES string of the molecule is CC(c1ncccc1F)N(Cc1ccc2ocnc2c1)C(=O)C(=O)Nc1cnc(N)c2c1COC2. The lowest BCUT2D eigenvalue weighted by Crippen LogP contribution is -2.41. The zero-order valence-electron chi connectivity index (χ0n) is 18.7. The third-order valence-electron chi connectivity index (χ3n) is 5.93. The van der Waals surface area contributed by atoms with Gasteiger partial charge in [-0.15, -0.1) is 0 Å². The van der Waals surface area contributed by atoms with Crippen molar-refractivity contribution in [3.8, 4) is 0 Å². The maximum absolute atomic E-state index is 14.5. The molecule has 0 aliphatic carbocycles. The van der Waals surface area contributed by atoms with Crippen LogP contribution in [0.2, 0.25) is 0 Å². The topological polar surface area (TPSA) is 136 Å². The predicted molar refractivity (Wildman–Crippen MR) is 123 cm³/mol. The number of carbonyl (C=O) groups is 2. The Balaban J connectivity index is 1.45. The molecule has 4 heterocycles. The molecule has 2 amide bonds. The second-order valence-electron chi connectivity index (χ2n) is 8.10. The molecule has 10 nitrogen and oxygen atoms in total. The minimum absolute atomic E-state index is 0.00738. The normalized spacial score (nSPS) is 13.4. The molecule has 0 fully saturated rings. The average molecular weight is 476 g/mol. The zero-order chi connectivity index (χ0) is 24.5. The minimum atomic E-state index is -0.906. The van der Waals surface area contributed by atoms with E-state index in [1.807, 2.05) is 0 Å². The fourth-order valence-corrected chi connectivity index (χ4v) is 4.04. The number of anilines is 2. The highest BCUT2D eigenvalue weighted by Gasteiger charge is 2.31. The van der Waals surface area contributed by atoms with Gasteiger partial charge in [0.25, 0.3) is 0 Å². The van der Waals surface area contributed by atoms with Gasteiger partial charge >= 0.3 is 11.8 Å². The lowest BCUT2D eigenvalue weighted by atomic mass is 10.1. The van der Waals surface area contributed by atoms with E-state index in [0.29, 0.717) is 39.3 Å². The Morgan fingerprint density at radius 3 is 2.86 bits per heavy atom. The Labute approximate surface area is 198 Å². The fraction of sp³-hybridized carbons (Fsp3) is 0.208. The molecule has 0 saturated heterocycles. The minimum Gasteiger partial charge on any atom is -0.443 e. The molecule has 1 aliphatic rings. The van der Waals surface area contributed by atoms with Crippen LogP contribution in [0.5, 0.6) is 0 Å². The first kappa shape index (κ1) is 22.4. The van der Waals surface area contributed by atoms with Crippen LogP contribution in [0.4, 0.5) is 15.9 Å². The summed E-state index contributed by atoms with van der Waals surface area (Å²) in [6.45, 7) is 2.14.